The maximum atomic E-state index is 12.5. The summed E-state index contributed by atoms with van der Waals surface area (Å²) in [6.45, 7) is 2.38. The molecule has 9 nitrogen and oxygen atoms in total. The number of hydrogen-bond acceptors (Lipinski definition) is 8. The molecule has 0 spiro atoms. The van der Waals surface area contributed by atoms with Gasteiger partial charge in [-0.15, -0.1) is 0 Å². The molecular formula is C20H19NO8. The van der Waals surface area contributed by atoms with E-state index in [0.717, 1.165) is 0 Å². The van der Waals surface area contributed by atoms with Crippen LogP contribution in [0.15, 0.2) is 30.3 Å². The molecule has 0 unspecified atom stereocenters. The van der Waals surface area contributed by atoms with Crippen LogP contribution in [0.1, 0.15) is 17.3 Å². The maximum Gasteiger partial charge on any atom is 0.339 e. The van der Waals surface area contributed by atoms with Crippen LogP contribution in [0.5, 0.6) is 28.7 Å². The maximum absolute atomic E-state index is 12.5. The fourth-order valence-electron chi connectivity index (χ4n) is 2.89. The number of carbonyl (C=O) groups excluding carboxylic acids is 2. The Morgan fingerprint density at radius 1 is 1.00 bits per heavy atom. The van der Waals surface area contributed by atoms with Crippen molar-refractivity contribution in [1.29, 1.82) is 0 Å². The molecule has 0 aromatic heterocycles. The third-order valence-corrected chi connectivity index (χ3v) is 4.36. The third-order valence-electron chi connectivity index (χ3n) is 4.36. The van der Waals surface area contributed by atoms with Gasteiger partial charge in [0.15, 0.2) is 29.1 Å². The number of methoxy groups -OCH3 is 1. The largest absolute Gasteiger partial charge is 0.493 e. The number of esters is 1. The van der Waals surface area contributed by atoms with E-state index in [4.69, 9.17) is 28.4 Å². The molecule has 0 saturated carbocycles. The lowest BCUT2D eigenvalue weighted by molar-refractivity contribution is -0.123. The van der Waals surface area contributed by atoms with Crippen LogP contribution >= 0.6 is 0 Å². The average molecular weight is 401 g/mol. The fourth-order valence-corrected chi connectivity index (χ4v) is 2.89. The Kier molecular flexibility index (Phi) is 5.03. The van der Waals surface area contributed by atoms with Crippen molar-refractivity contribution in [2.75, 3.05) is 32.4 Å². The summed E-state index contributed by atoms with van der Waals surface area (Å²) < 4.78 is 32.1. The van der Waals surface area contributed by atoms with Gasteiger partial charge < -0.3 is 33.7 Å². The molecule has 0 aliphatic carbocycles. The van der Waals surface area contributed by atoms with Crippen LogP contribution in [0.4, 0.5) is 5.69 Å². The average Bonchev–Trinajstić information content (AvgIpc) is 3.20. The summed E-state index contributed by atoms with van der Waals surface area (Å²) in [5.41, 5.74) is 0.692. The van der Waals surface area contributed by atoms with E-state index in [1.807, 2.05) is 0 Å². The number of benzene rings is 2. The van der Waals surface area contributed by atoms with Crippen molar-refractivity contribution in [2.24, 2.45) is 0 Å². The van der Waals surface area contributed by atoms with Gasteiger partial charge in [-0.1, -0.05) is 0 Å². The zero-order chi connectivity index (χ0) is 20.4. The number of amides is 1. The molecule has 0 radical (unpaired) electrons. The summed E-state index contributed by atoms with van der Waals surface area (Å²) >= 11 is 0. The van der Waals surface area contributed by atoms with Crippen molar-refractivity contribution in [3.8, 4) is 28.7 Å². The van der Waals surface area contributed by atoms with Crippen LogP contribution in [0.3, 0.4) is 0 Å². The highest BCUT2D eigenvalue weighted by Crippen LogP contribution is 2.40. The van der Waals surface area contributed by atoms with Gasteiger partial charge in [-0.25, -0.2) is 4.79 Å². The van der Waals surface area contributed by atoms with E-state index in [1.165, 1.54) is 26.2 Å². The molecule has 1 atom stereocenters. The third kappa shape index (κ3) is 3.84. The van der Waals surface area contributed by atoms with Gasteiger partial charge in [0.1, 0.15) is 13.2 Å². The Balaban J connectivity index is 1.43. The number of ether oxygens (including phenoxy) is 6. The van der Waals surface area contributed by atoms with E-state index in [-0.39, 0.29) is 12.4 Å². The lowest BCUT2D eigenvalue weighted by Crippen LogP contribution is -2.30. The lowest BCUT2D eigenvalue weighted by Gasteiger charge is -2.21. The number of fused-ring (bicyclic) bond motifs is 2. The topological polar surface area (TPSA) is 102 Å². The monoisotopic (exact) mass is 401 g/mol. The highest BCUT2D eigenvalue weighted by molar-refractivity contribution is 5.98. The van der Waals surface area contributed by atoms with Crippen LogP contribution in [0.25, 0.3) is 0 Å². The molecule has 1 N–H and O–H groups in total. The number of anilines is 1. The van der Waals surface area contributed by atoms with Crippen molar-refractivity contribution in [2.45, 2.75) is 13.0 Å². The Morgan fingerprint density at radius 2 is 1.79 bits per heavy atom. The Labute approximate surface area is 166 Å². The molecule has 2 aliphatic heterocycles. The van der Waals surface area contributed by atoms with E-state index in [9.17, 15) is 9.59 Å². The zero-order valence-corrected chi connectivity index (χ0v) is 15.9. The Bertz CT molecular complexity index is 940. The standard InChI is InChI=1S/C20H19NO8/c1-11(19(22)21-13-3-4-14-15(9-13)28-10-27-14)29-20(23)12-7-16(24-2)18-17(8-12)25-5-6-26-18/h3-4,7-9,11H,5-6,10H2,1-2H3,(H,21,22)/t11-/m1/s1. The van der Waals surface area contributed by atoms with Crippen LogP contribution in [0, 0.1) is 0 Å². The smallest absolute Gasteiger partial charge is 0.339 e. The summed E-state index contributed by atoms with van der Waals surface area (Å²) in [7, 11) is 1.46. The SMILES string of the molecule is COc1cc(C(=O)O[C@H](C)C(=O)Nc2ccc3c(c2)OCO3)cc2c1OCCO2. The van der Waals surface area contributed by atoms with E-state index in [1.54, 1.807) is 18.2 Å². The first-order valence-electron chi connectivity index (χ1n) is 8.94. The first-order chi connectivity index (χ1) is 14.0. The van der Waals surface area contributed by atoms with Crippen molar-refractivity contribution >= 4 is 17.6 Å². The fraction of sp³-hybridized carbons (Fsp3) is 0.300. The van der Waals surface area contributed by atoms with Crippen LogP contribution in [-0.2, 0) is 9.53 Å². The van der Waals surface area contributed by atoms with Crippen molar-refractivity contribution in [3.05, 3.63) is 35.9 Å². The molecule has 2 aliphatic rings. The van der Waals surface area contributed by atoms with E-state index in [2.05, 4.69) is 5.32 Å². The van der Waals surface area contributed by atoms with Gasteiger partial charge in [0.25, 0.3) is 5.91 Å². The molecule has 2 heterocycles. The van der Waals surface area contributed by atoms with Gasteiger partial charge in [-0.2, -0.15) is 0 Å². The van der Waals surface area contributed by atoms with Gasteiger partial charge in [-0.3, -0.25) is 4.79 Å². The Morgan fingerprint density at radius 3 is 2.62 bits per heavy atom. The second-order valence-electron chi connectivity index (χ2n) is 6.31. The predicted molar refractivity (Wildman–Crippen MR) is 100 cm³/mol. The van der Waals surface area contributed by atoms with Gasteiger partial charge in [0, 0.05) is 11.8 Å². The molecule has 29 heavy (non-hydrogen) atoms. The van der Waals surface area contributed by atoms with Crippen molar-refractivity contribution in [3.63, 3.8) is 0 Å². The summed E-state index contributed by atoms with van der Waals surface area (Å²) in [6.07, 6.45) is -1.04. The number of nitrogens with one attached hydrogen (secondary N) is 1. The van der Waals surface area contributed by atoms with Gasteiger partial charge in [-0.05, 0) is 31.2 Å². The molecule has 9 heteroatoms. The van der Waals surface area contributed by atoms with Crippen molar-refractivity contribution in [1.82, 2.24) is 0 Å². The molecule has 0 saturated heterocycles. The second kappa shape index (κ2) is 7.78. The molecule has 2 aromatic carbocycles. The van der Waals surface area contributed by atoms with E-state index >= 15 is 0 Å². The molecule has 152 valence electrons. The minimum Gasteiger partial charge on any atom is -0.493 e. The number of hydrogen-bond donors (Lipinski definition) is 1. The first-order valence-corrected chi connectivity index (χ1v) is 8.94. The van der Waals surface area contributed by atoms with Gasteiger partial charge >= 0.3 is 5.97 Å². The minimum absolute atomic E-state index is 0.139. The summed E-state index contributed by atoms with van der Waals surface area (Å²) in [6, 6.07) is 7.99. The van der Waals surface area contributed by atoms with Gasteiger partial charge in [0.05, 0.1) is 12.7 Å². The second-order valence-corrected chi connectivity index (χ2v) is 6.31. The first kappa shape index (κ1) is 18.7. The Hall–Kier alpha value is -3.62. The highest BCUT2D eigenvalue weighted by Gasteiger charge is 2.24. The molecule has 0 bridgehead atoms. The quantitative estimate of drug-likeness (QED) is 0.762. The summed E-state index contributed by atoms with van der Waals surface area (Å²) in [5, 5.41) is 2.68. The number of rotatable bonds is 5. The van der Waals surface area contributed by atoms with Crippen molar-refractivity contribution < 1.29 is 38.0 Å². The molecule has 4 rings (SSSR count). The minimum atomic E-state index is -1.04. The van der Waals surface area contributed by atoms with Gasteiger partial charge in [0.2, 0.25) is 12.5 Å². The van der Waals surface area contributed by atoms with Crippen LogP contribution < -0.4 is 29.0 Å². The lowest BCUT2D eigenvalue weighted by atomic mass is 10.1. The normalized spacial score (nSPS) is 14.7. The van der Waals surface area contributed by atoms with E-state index < -0.39 is 18.0 Å². The summed E-state index contributed by atoms with van der Waals surface area (Å²) in [5.74, 6) is 1.15. The van der Waals surface area contributed by atoms with Crippen LogP contribution in [-0.4, -0.2) is 45.1 Å². The highest BCUT2D eigenvalue weighted by atomic mass is 16.7. The molecule has 2 aromatic rings. The van der Waals surface area contributed by atoms with E-state index in [0.29, 0.717) is 47.6 Å². The van der Waals surface area contributed by atoms with Crippen LogP contribution in [0.2, 0.25) is 0 Å². The number of carbonyl (C=O) groups is 2. The predicted octanol–water partition coefficient (Wildman–Crippen LogP) is 2.38. The molecule has 0 fully saturated rings. The zero-order valence-electron chi connectivity index (χ0n) is 15.9. The molecular weight excluding hydrogens is 382 g/mol. The summed E-state index contributed by atoms with van der Waals surface area (Å²) in [4.78, 5) is 24.9. The molecule has 1 amide bonds.